The number of hydrogen-bond acceptors (Lipinski definition) is 4. The lowest BCUT2D eigenvalue weighted by molar-refractivity contribution is 0.737. The molecule has 0 nitrogen and oxygen atoms in total. The minimum absolute atomic E-state index is 0.195. The van der Waals surface area contributed by atoms with Crippen LogP contribution in [0, 0.1) is 0 Å². The van der Waals surface area contributed by atoms with E-state index in [2.05, 4.69) is 69.4 Å². The molecule has 0 aliphatic carbocycles. The standard InChI is InChI=1S/C17H13BrS4/c1-17(7-2-8-21-17)16-12(6-10-20-16)15-11(5-9-19-15)13-3-4-14(18)22-13/h2-6,8-10H,7H2,1H3. The van der Waals surface area contributed by atoms with Gasteiger partial charge in [0.05, 0.1) is 8.53 Å². The molecule has 3 aromatic rings. The summed E-state index contributed by atoms with van der Waals surface area (Å²) >= 11 is 11.1. The summed E-state index contributed by atoms with van der Waals surface area (Å²) in [7, 11) is 0. The number of allylic oxidation sites excluding steroid dienone is 1. The molecule has 1 aliphatic heterocycles. The van der Waals surface area contributed by atoms with Gasteiger partial charge in [0.2, 0.25) is 0 Å². The molecule has 0 saturated carbocycles. The Morgan fingerprint density at radius 2 is 1.86 bits per heavy atom. The topological polar surface area (TPSA) is 0 Å². The van der Waals surface area contributed by atoms with E-state index < -0.39 is 0 Å². The molecule has 1 atom stereocenters. The number of hydrogen-bond donors (Lipinski definition) is 0. The van der Waals surface area contributed by atoms with Crippen molar-refractivity contribution in [3.8, 4) is 20.9 Å². The second kappa shape index (κ2) is 5.95. The molecule has 0 amide bonds. The van der Waals surface area contributed by atoms with E-state index in [0.717, 1.165) is 6.42 Å². The van der Waals surface area contributed by atoms with Gasteiger partial charge in [-0.05, 0) is 69.7 Å². The molecule has 0 bridgehead atoms. The van der Waals surface area contributed by atoms with Gasteiger partial charge in [0, 0.05) is 25.8 Å². The first-order valence-corrected chi connectivity index (χ1v) is 11.2. The van der Waals surface area contributed by atoms with E-state index in [1.54, 1.807) is 11.3 Å². The highest BCUT2D eigenvalue weighted by Crippen LogP contribution is 2.52. The van der Waals surface area contributed by atoms with Crippen molar-refractivity contribution in [1.82, 2.24) is 0 Å². The second-order valence-electron chi connectivity index (χ2n) is 5.36. The fourth-order valence-electron chi connectivity index (χ4n) is 2.73. The van der Waals surface area contributed by atoms with Gasteiger partial charge in [0.1, 0.15) is 0 Å². The van der Waals surface area contributed by atoms with E-state index in [1.165, 1.54) is 29.5 Å². The Balaban J connectivity index is 1.82. The summed E-state index contributed by atoms with van der Waals surface area (Å²) in [5.74, 6) is 0. The van der Waals surface area contributed by atoms with Crippen LogP contribution in [-0.2, 0) is 4.75 Å². The molecule has 4 rings (SSSR count). The van der Waals surface area contributed by atoms with Crippen LogP contribution in [-0.4, -0.2) is 0 Å². The molecule has 112 valence electrons. The molecule has 0 aromatic carbocycles. The van der Waals surface area contributed by atoms with Crippen LogP contribution in [0.1, 0.15) is 18.2 Å². The van der Waals surface area contributed by atoms with E-state index in [-0.39, 0.29) is 4.75 Å². The fourth-order valence-corrected chi connectivity index (χ4v) is 7.38. The Morgan fingerprint density at radius 3 is 2.59 bits per heavy atom. The first-order valence-electron chi connectivity index (χ1n) is 6.92. The molecule has 1 unspecified atom stereocenters. The van der Waals surface area contributed by atoms with Crippen LogP contribution in [0.2, 0.25) is 0 Å². The summed E-state index contributed by atoms with van der Waals surface area (Å²) in [6.07, 6.45) is 3.41. The van der Waals surface area contributed by atoms with Gasteiger partial charge in [-0.1, -0.05) is 6.08 Å². The lowest BCUT2D eigenvalue weighted by Crippen LogP contribution is -2.11. The molecule has 3 aromatic heterocycles. The quantitative estimate of drug-likeness (QED) is 0.412. The largest absolute Gasteiger partial charge is 0.147 e. The minimum atomic E-state index is 0.195. The van der Waals surface area contributed by atoms with Gasteiger partial charge >= 0.3 is 0 Å². The summed E-state index contributed by atoms with van der Waals surface area (Å²) in [6, 6.07) is 8.89. The van der Waals surface area contributed by atoms with Gasteiger partial charge < -0.3 is 0 Å². The van der Waals surface area contributed by atoms with E-state index in [4.69, 9.17) is 0 Å². The maximum absolute atomic E-state index is 3.58. The van der Waals surface area contributed by atoms with Crippen molar-refractivity contribution in [1.29, 1.82) is 0 Å². The van der Waals surface area contributed by atoms with Crippen LogP contribution in [0.5, 0.6) is 0 Å². The summed E-state index contributed by atoms with van der Waals surface area (Å²) in [5, 5.41) is 6.69. The Hall–Kier alpha value is -0.330. The van der Waals surface area contributed by atoms with Crippen molar-refractivity contribution in [2.24, 2.45) is 0 Å². The molecule has 1 aliphatic rings. The zero-order chi connectivity index (χ0) is 15.2. The third-order valence-electron chi connectivity index (χ3n) is 3.83. The molecule has 0 spiro atoms. The lowest BCUT2D eigenvalue weighted by atomic mass is 9.99. The third-order valence-corrected chi connectivity index (χ3v) is 8.96. The van der Waals surface area contributed by atoms with E-state index in [1.807, 2.05) is 34.4 Å². The monoisotopic (exact) mass is 424 g/mol. The van der Waals surface area contributed by atoms with E-state index >= 15 is 0 Å². The minimum Gasteiger partial charge on any atom is -0.147 e. The van der Waals surface area contributed by atoms with Crippen molar-refractivity contribution in [3.63, 3.8) is 0 Å². The van der Waals surface area contributed by atoms with Crippen LogP contribution >= 0.6 is 61.7 Å². The normalized spacial score (nSPS) is 20.8. The van der Waals surface area contributed by atoms with E-state index in [9.17, 15) is 0 Å². The number of rotatable bonds is 3. The van der Waals surface area contributed by atoms with Crippen molar-refractivity contribution in [2.45, 2.75) is 18.1 Å². The van der Waals surface area contributed by atoms with Gasteiger partial charge in [0.25, 0.3) is 0 Å². The van der Waals surface area contributed by atoms with Crippen molar-refractivity contribution in [3.05, 3.63) is 55.2 Å². The number of thiophene rings is 3. The van der Waals surface area contributed by atoms with Crippen LogP contribution in [0.15, 0.2) is 50.3 Å². The maximum atomic E-state index is 3.58. The predicted octanol–water partition coefficient (Wildman–Crippen LogP) is 7.83. The van der Waals surface area contributed by atoms with Crippen LogP contribution in [0.3, 0.4) is 0 Å². The first-order chi connectivity index (χ1) is 10.7. The van der Waals surface area contributed by atoms with Crippen LogP contribution in [0.25, 0.3) is 20.9 Å². The molecule has 0 radical (unpaired) electrons. The second-order valence-corrected chi connectivity index (χ2v) is 11.1. The summed E-state index contributed by atoms with van der Waals surface area (Å²) in [5.41, 5.74) is 2.78. The Kier molecular flexibility index (Phi) is 4.11. The molecule has 22 heavy (non-hydrogen) atoms. The molecular weight excluding hydrogens is 412 g/mol. The highest BCUT2D eigenvalue weighted by molar-refractivity contribution is 9.11. The van der Waals surface area contributed by atoms with Crippen molar-refractivity contribution >= 4 is 61.7 Å². The lowest BCUT2D eigenvalue weighted by Gasteiger charge is -2.23. The average Bonchev–Trinajstić information content (AvgIpc) is 3.24. The third kappa shape index (κ3) is 2.57. The highest BCUT2D eigenvalue weighted by atomic mass is 79.9. The average molecular weight is 425 g/mol. The van der Waals surface area contributed by atoms with Gasteiger partial charge in [0.15, 0.2) is 0 Å². The zero-order valence-corrected chi connectivity index (χ0v) is 16.7. The van der Waals surface area contributed by atoms with Gasteiger partial charge in [-0.2, -0.15) is 0 Å². The summed E-state index contributed by atoms with van der Waals surface area (Å²) in [6.45, 7) is 2.36. The molecular formula is C17H13BrS4. The Labute approximate surface area is 155 Å². The molecule has 5 heteroatoms. The van der Waals surface area contributed by atoms with Gasteiger partial charge in [-0.3, -0.25) is 0 Å². The number of thioether (sulfide) groups is 1. The number of halogens is 1. The molecule has 4 heterocycles. The zero-order valence-electron chi connectivity index (χ0n) is 11.8. The molecule has 0 N–H and O–H groups in total. The van der Waals surface area contributed by atoms with Gasteiger partial charge in [-0.15, -0.1) is 45.8 Å². The predicted molar refractivity (Wildman–Crippen MR) is 107 cm³/mol. The van der Waals surface area contributed by atoms with Crippen molar-refractivity contribution < 1.29 is 0 Å². The maximum Gasteiger partial charge on any atom is 0.0705 e. The smallest absolute Gasteiger partial charge is 0.0705 e. The summed E-state index contributed by atoms with van der Waals surface area (Å²) < 4.78 is 1.38. The first kappa shape index (κ1) is 15.2. The van der Waals surface area contributed by atoms with Crippen molar-refractivity contribution in [2.75, 3.05) is 0 Å². The molecule has 0 saturated heterocycles. The highest BCUT2D eigenvalue weighted by Gasteiger charge is 2.33. The Morgan fingerprint density at radius 1 is 1.05 bits per heavy atom. The van der Waals surface area contributed by atoms with E-state index in [0.29, 0.717) is 0 Å². The Bertz CT molecular complexity index is 828. The summed E-state index contributed by atoms with van der Waals surface area (Å²) in [4.78, 5) is 4.24. The molecule has 0 fully saturated rings. The van der Waals surface area contributed by atoms with Crippen LogP contribution < -0.4 is 0 Å². The van der Waals surface area contributed by atoms with Gasteiger partial charge in [-0.25, -0.2) is 0 Å². The fraction of sp³-hybridized carbons (Fsp3) is 0.176. The van der Waals surface area contributed by atoms with Crippen LogP contribution in [0.4, 0.5) is 0 Å². The SMILES string of the molecule is CC1(c2sccc2-c2sccc2-c2ccc(Br)s2)CC=CS1.